The van der Waals surface area contributed by atoms with E-state index in [0.717, 1.165) is 18.9 Å². The molecule has 0 amide bonds. The lowest BCUT2D eigenvalue weighted by Gasteiger charge is -2.18. The molecule has 1 aliphatic carbocycles. The molecule has 0 saturated heterocycles. The normalized spacial score (nSPS) is 23.1. The SMILES string of the molecule is N#Cc1cc(N[C@H]2CCC[C@H]2O)ccc1C(F)(F)F. The molecule has 0 unspecified atom stereocenters. The lowest BCUT2D eigenvalue weighted by atomic mass is 10.1. The number of aliphatic hydroxyl groups is 1. The van der Waals surface area contributed by atoms with Crippen molar-refractivity contribution in [3.05, 3.63) is 29.3 Å². The molecule has 2 atom stereocenters. The molecule has 1 aliphatic rings. The number of rotatable bonds is 2. The number of hydrogen-bond acceptors (Lipinski definition) is 3. The van der Waals surface area contributed by atoms with Gasteiger partial charge in [0.15, 0.2) is 0 Å². The predicted molar refractivity (Wildman–Crippen MR) is 63.4 cm³/mol. The molecular weight excluding hydrogens is 257 g/mol. The molecule has 1 aromatic carbocycles. The number of nitriles is 1. The van der Waals surface area contributed by atoms with E-state index >= 15 is 0 Å². The van der Waals surface area contributed by atoms with Crippen LogP contribution in [0.4, 0.5) is 18.9 Å². The summed E-state index contributed by atoms with van der Waals surface area (Å²) in [5, 5.41) is 21.4. The third-order valence-electron chi connectivity index (χ3n) is 3.28. The first-order valence-corrected chi connectivity index (χ1v) is 5.98. The molecular formula is C13H13F3N2O. The van der Waals surface area contributed by atoms with Crippen LogP contribution in [-0.4, -0.2) is 17.3 Å². The zero-order valence-corrected chi connectivity index (χ0v) is 10.0. The van der Waals surface area contributed by atoms with Crippen molar-refractivity contribution in [1.29, 1.82) is 5.26 Å². The fourth-order valence-corrected chi connectivity index (χ4v) is 2.30. The zero-order valence-electron chi connectivity index (χ0n) is 10.0. The molecule has 1 saturated carbocycles. The summed E-state index contributed by atoms with van der Waals surface area (Å²) in [5.74, 6) is 0. The minimum absolute atomic E-state index is 0.164. The van der Waals surface area contributed by atoms with Gasteiger partial charge in [-0.05, 0) is 37.5 Å². The van der Waals surface area contributed by atoms with Gasteiger partial charge in [-0.2, -0.15) is 18.4 Å². The van der Waals surface area contributed by atoms with Crippen molar-refractivity contribution in [2.24, 2.45) is 0 Å². The first-order chi connectivity index (χ1) is 8.91. The van der Waals surface area contributed by atoms with E-state index in [1.807, 2.05) is 0 Å². The largest absolute Gasteiger partial charge is 0.417 e. The lowest BCUT2D eigenvalue weighted by molar-refractivity contribution is -0.137. The Morgan fingerprint density at radius 1 is 1.32 bits per heavy atom. The molecule has 0 spiro atoms. The van der Waals surface area contributed by atoms with Crippen LogP contribution in [-0.2, 0) is 6.18 Å². The summed E-state index contributed by atoms with van der Waals surface area (Å²) < 4.78 is 37.9. The van der Waals surface area contributed by atoms with Gasteiger partial charge in [-0.15, -0.1) is 0 Å². The maximum atomic E-state index is 12.6. The fourth-order valence-electron chi connectivity index (χ4n) is 2.30. The van der Waals surface area contributed by atoms with Crippen molar-refractivity contribution in [3.8, 4) is 6.07 Å². The summed E-state index contributed by atoms with van der Waals surface area (Å²) in [6.07, 6.45) is -2.69. The summed E-state index contributed by atoms with van der Waals surface area (Å²) >= 11 is 0. The molecule has 0 aromatic heterocycles. The molecule has 0 heterocycles. The second-order valence-electron chi connectivity index (χ2n) is 4.62. The smallest absolute Gasteiger partial charge is 0.391 e. The summed E-state index contributed by atoms with van der Waals surface area (Å²) in [5.41, 5.74) is -0.923. The maximum absolute atomic E-state index is 12.6. The fraction of sp³-hybridized carbons (Fsp3) is 0.462. The highest BCUT2D eigenvalue weighted by molar-refractivity contribution is 5.54. The second kappa shape index (κ2) is 5.10. The maximum Gasteiger partial charge on any atom is 0.417 e. The van der Waals surface area contributed by atoms with Gasteiger partial charge in [0, 0.05) is 5.69 Å². The van der Waals surface area contributed by atoms with E-state index in [2.05, 4.69) is 5.32 Å². The molecule has 3 nitrogen and oxygen atoms in total. The Labute approximate surface area is 108 Å². The molecule has 102 valence electrons. The number of halogens is 3. The molecule has 0 bridgehead atoms. The number of alkyl halides is 3. The summed E-state index contributed by atoms with van der Waals surface area (Å²) in [6, 6.07) is 4.74. The van der Waals surface area contributed by atoms with Crippen molar-refractivity contribution >= 4 is 5.69 Å². The monoisotopic (exact) mass is 270 g/mol. The van der Waals surface area contributed by atoms with Crippen molar-refractivity contribution in [1.82, 2.24) is 0 Å². The van der Waals surface area contributed by atoms with Crippen molar-refractivity contribution in [2.45, 2.75) is 37.6 Å². The highest BCUT2D eigenvalue weighted by Gasteiger charge is 2.34. The minimum atomic E-state index is -4.53. The molecule has 2 rings (SSSR count). The van der Waals surface area contributed by atoms with Crippen molar-refractivity contribution in [3.63, 3.8) is 0 Å². The zero-order chi connectivity index (χ0) is 14.0. The quantitative estimate of drug-likeness (QED) is 0.868. The Bertz CT molecular complexity index is 508. The molecule has 0 radical (unpaired) electrons. The van der Waals surface area contributed by atoms with E-state index < -0.39 is 23.4 Å². The van der Waals surface area contributed by atoms with Gasteiger partial charge < -0.3 is 10.4 Å². The number of benzene rings is 1. The highest BCUT2D eigenvalue weighted by atomic mass is 19.4. The standard InChI is InChI=1S/C13H13F3N2O/c14-13(15,16)10-5-4-9(6-8(10)7-17)18-11-2-1-3-12(11)19/h4-6,11-12,18-19H,1-3H2/t11-,12+/m0/s1. The van der Waals surface area contributed by atoms with Crippen molar-refractivity contribution in [2.75, 3.05) is 5.32 Å². The highest BCUT2D eigenvalue weighted by Crippen LogP contribution is 2.33. The number of nitrogens with zero attached hydrogens (tertiary/aromatic N) is 1. The first kappa shape index (κ1) is 13.7. The van der Waals surface area contributed by atoms with E-state index in [4.69, 9.17) is 5.26 Å². The van der Waals surface area contributed by atoms with Gasteiger partial charge in [0.1, 0.15) is 0 Å². The van der Waals surface area contributed by atoms with E-state index in [1.165, 1.54) is 12.1 Å². The van der Waals surface area contributed by atoms with Gasteiger partial charge in [-0.1, -0.05) is 0 Å². The van der Waals surface area contributed by atoms with Crippen LogP contribution in [0.1, 0.15) is 30.4 Å². The third kappa shape index (κ3) is 2.99. The van der Waals surface area contributed by atoms with Crippen LogP contribution in [0.3, 0.4) is 0 Å². The van der Waals surface area contributed by atoms with E-state index in [9.17, 15) is 18.3 Å². The number of nitrogens with one attached hydrogen (secondary N) is 1. The Balaban J connectivity index is 2.23. The minimum Gasteiger partial charge on any atom is -0.391 e. The number of anilines is 1. The Hall–Kier alpha value is -1.74. The van der Waals surface area contributed by atoms with E-state index in [-0.39, 0.29) is 6.04 Å². The molecule has 2 N–H and O–H groups in total. The lowest BCUT2D eigenvalue weighted by Crippen LogP contribution is -2.28. The summed E-state index contributed by atoms with van der Waals surface area (Å²) in [6.45, 7) is 0. The average Bonchev–Trinajstić information content (AvgIpc) is 2.73. The van der Waals surface area contributed by atoms with Gasteiger partial charge in [0.05, 0.1) is 29.3 Å². The number of hydrogen-bond donors (Lipinski definition) is 2. The summed E-state index contributed by atoms with van der Waals surface area (Å²) in [7, 11) is 0. The van der Waals surface area contributed by atoms with Crippen LogP contribution in [0.5, 0.6) is 0 Å². The Morgan fingerprint density at radius 3 is 2.58 bits per heavy atom. The Kier molecular flexibility index (Phi) is 3.67. The second-order valence-corrected chi connectivity index (χ2v) is 4.62. The molecule has 19 heavy (non-hydrogen) atoms. The predicted octanol–water partition coefficient (Wildman–Crippen LogP) is 2.90. The van der Waals surface area contributed by atoms with Crippen LogP contribution < -0.4 is 5.32 Å². The molecule has 0 aliphatic heterocycles. The topological polar surface area (TPSA) is 56.0 Å². The molecule has 1 aromatic rings. The van der Waals surface area contributed by atoms with Gasteiger partial charge >= 0.3 is 6.18 Å². The van der Waals surface area contributed by atoms with Gasteiger partial charge in [0.2, 0.25) is 0 Å². The molecule has 1 fully saturated rings. The van der Waals surface area contributed by atoms with Crippen molar-refractivity contribution < 1.29 is 18.3 Å². The Morgan fingerprint density at radius 2 is 2.05 bits per heavy atom. The van der Waals surface area contributed by atoms with Crippen LogP contribution in [0, 0.1) is 11.3 Å². The summed E-state index contributed by atoms with van der Waals surface area (Å²) in [4.78, 5) is 0. The van der Waals surface area contributed by atoms with Crippen LogP contribution in [0.15, 0.2) is 18.2 Å². The van der Waals surface area contributed by atoms with Gasteiger partial charge in [-0.3, -0.25) is 0 Å². The van der Waals surface area contributed by atoms with Crippen LogP contribution >= 0.6 is 0 Å². The van der Waals surface area contributed by atoms with E-state index in [0.29, 0.717) is 12.1 Å². The van der Waals surface area contributed by atoms with Crippen LogP contribution in [0.25, 0.3) is 0 Å². The first-order valence-electron chi connectivity index (χ1n) is 5.98. The third-order valence-corrected chi connectivity index (χ3v) is 3.28. The molecule has 6 heteroatoms. The van der Waals surface area contributed by atoms with E-state index in [1.54, 1.807) is 6.07 Å². The average molecular weight is 270 g/mol. The number of aliphatic hydroxyl groups excluding tert-OH is 1. The van der Waals surface area contributed by atoms with Crippen LogP contribution in [0.2, 0.25) is 0 Å². The van der Waals surface area contributed by atoms with Gasteiger partial charge in [0.25, 0.3) is 0 Å². The van der Waals surface area contributed by atoms with Gasteiger partial charge in [-0.25, -0.2) is 0 Å².